The molecule has 1 heterocycles. The van der Waals surface area contributed by atoms with Crippen LogP contribution in [0.4, 0.5) is 5.95 Å². The van der Waals surface area contributed by atoms with Crippen molar-refractivity contribution in [1.29, 1.82) is 0 Å². The molecule has 1 aromatic carbocycles. The number of nitrogen functional groups attached to an aromatic ring is 2. The predicted octanol–water partition coefficient (Wildman–Crippen LogP) is 0.291. The maximum atomic E-state index is 5.57. The fourth-order valence-corrected chi connectivity index (χ4v) is 1.27. The molecule has 0 aliphatic rings. The molecule has 6 heteroatoms. The van der Waals surface area contributed by atoms with Crippen LogP contribution in [0, 0.1) is 0 Å². The van der Waals surface area contributed by atoms with Gasteiger partial charge in [0.05, 0.1) is 6.61 Å². The lowest BCUT2D eigenvalue weighted by Crippen LogP contribution is -2.16. The fraction of sp³-hybridized carbons (Fsp3) is 0.200. The molecule has 84 valence electrons. The molecule has 16 heavy (non-hydrogen) atoms. The van der Waals surface area contributed by atoms with E-state index >= 15 is 0 Å². The molecular formula is C10H13N5O. The van der Waals surface area contributed by atoms with Crippen molar-refractivity contribution < 1.29 is 4.74 Å². The highest BCUT2D eigenvalue weighted by Gasteiger charge is 2.05. The number of nitrogens with zero attached hydrogens (tertiary/aromatic N) is 3. The first kappa shape index (κ1) is 10.4. The van der Waals surface area contributed by atoms with Gasteiger partial charge in [0, 0.05) is 0 Å². The van der Waals surface area contributed by atoms with Gasteiger partial charge in [-0.3, -0.25) is 0 Å². The topological polar surface area (TPSA) is 92.0 Å². The zero-order chi connectivity index (χ0) is 11.4. The summed E-state index contributed by atoms with van der Waals surface area (Å²) in [5, 5.41) is 7.41. The summed E-state index contributed by atoms with van der Waals surface area (Å²) in [6, 6.07) is 9.86. The third-order valence-corrected chi connectivity index (χ3v) is 2.14. The van der Waals surface area contributed by atoms with E-state index in [0.29, 0.717) is 12.4 Å². The van der Waals surface area contributed by atoms with Gasteiger partial charge in [0.15, 0.2) is 5.82 Å². The van der Waals surface area contributed by atoms with Gasteiger partial charge in [0.1, 0.15) is 6.61 Å². The molecule has 1 aromatic heterocycles. The number of hydrogen-bond acceptors (Lipinski definition) is 5. The minimum absolute atomic E-state index is 0.179. The van der Waals surface area contributed by atoms with Crippen LogP contribution in [-0.2, 0) is 18.0 Å². The van der Waals surface area contributed by atoms with Crippen molar-refractivity contribution in [2.45, 2.75) is 13.2 Å². The number of rotatable bonds is 4. The minimum Gasteiger partial charge on any atom is -0.369 e. The average molecular weight is 219 g/mol. The van der Waals surface area contributed by atoms with E-state index in [2.05, 4.69) is 10.2 Å². The van der Waals surface area contributed by atoms with Gasteiger partial charge in [-0.1, -0.05) is 30.3 Å². The maximum absolute atomic E-state index is 5.57. The SMILES string of the molecule is Nc1nnc(COCc2ccccc2)n1N. The van der Waals surface area contributed by atoms with Gasteiger partial charge in [-0.25, -0.2) is 4.68 Å². The van der Waals surface area contributed by atoms with Gasteiger partial charge in [0.2, 0.25) is 5.95 Å². The Morgan fingerprint density at radius 2 is 1.88 bits per heavy atom. The van der Waals surface area contributed by atoms with E-state index in [1.807, 2.05) is 30.3 Å². The van der Waals surface area contributed by atoms with Gasteiger partial charge >= 0.3 is 0 Å². The van der Waals surface area contributed by atoms with Gasteiger partial charge in [-0.05, 0) is 5.56 Å². The van der Waals surface area contributed by atoms with E-state index in [0.717, 1.165) is 5.56 Å². The Bertz CT molecular complexity index is 453. The summed E-state index contributed by atoms with van der Waals surface area (Å²) < 4.78 is 6.65. The van der Waals surface area contributed by atoms with Gasteiger partial charge in [-0.2, -0.15) is 0 Å². The van der Waals surface area contributed by atoms with Gasteiger partial charge in [0.25, 0.3) is 0 Å². The smallest absolute Gasteiger partial charge is 0.240 e. The summed E-state index contributed by atoms with van der Waals surface area (Å²) >= 11 is 0. The van der Waals surface area contributed by atoms with Crippen LogP contribution in [0.5, 0.6) is 0 Å². The van der Waals surface area contributed by atoms with Crippen molar-refractivity contribution in [3.05, 3.63) is 41.7 Å². The standard InChI is InChI=1S/C10H13N5O/c11-10-14-13-9(15(10)12)7-16-6-8-4-2-1-3-5-8/h1-5H,6-7,12H2,(H2,11,14). The number of anilines is 1. The van der Waals surface area contributed by atoms with E-state index in [1.54, 1.807) is 0 Å². The molecule has 0 spiro atoms. The average Bonchev–Trinajstić information content (AvgIpc) is 2.62. The largest absolute Gasteiger partial charge is 0.369 e. The maximum Gasteiger partial charge on any atom is 0.240 e. The Kier molecular flexibility index (Phi) is 3.02. The first-order valence-electron chi connectivity index (χ1n) is 4.84. The molecule has 0 aliphatic heterocycles. The third-order valence-electron chi connectivity index (χ3n) is 2.14. The normalized spacial score (nSPS) is 10.5. The summed E-state index contributed by atoms with van der Waals surface area (Å²) in [6.45, 7) is 0.795. The summed E-state index contributed by atoms with van der Waals surface area (Å²) in [5.41, 5.74) is 6.53. The van der Waals surface area contributed by atoms with Crippen molar-refractivity contribution in [3.63, 3.8) is 0 Å². The highest BCUT2D eigenvalue weighted by Crippen LogP contribution is 2.04. The Morgan fingerprint density at radius 1 is 1.12 bits per heavy atom. The van der Waals surface area contributed by atoms with Crippen molar-refractivity contribution in [1.82, 2.24) is 14.9 Å². The van der Waals surface area contributed by atoms with Crippen LogP contribution in [0.3, 0.4) is 0 Å². The van der Waals surface area contributed by atoms with Gasteiger partial charge < -0.3 is 16.3 Å². The molecule has 0 saturated carbocycles. The van der Waals surface area contributed by atoms with E-state index in [9.17, 15) is 0 Å². The van der Waals surface area contributed by atoms with Crippen molar-refractivity contribution in [3.8, 4) is 0 Å². The lowest BCUT2D eigenvalue weighted by Gasteiger charge is -2.03. The van der Waals surface area contributed by atoms with E-state index < -0.39 is 0 Å². The zero-order valence-corrected chi connectivity index (χ0v) is 8.71. The molecule has 0 unspecified atom stereocenters. The molecule has 6 nitrogen and oxygen atoms in total. The molecule has 2 rings (SSSR count). The lowest BCUT2D eigenvalue weighted by atomic mass is 10.2. The minimum atomic E-state index is 0.179. The number of nitrogens with two attached hydrogens (primary N) is 2. The van der Waals surface area contributed by atoms with Crippen molar-refractivity contribution >= 4 is 5.95 Å². The van der Waals surface area contributed by atoms with Crippen LogP contribution in [0.15, 0.2) is 30.3 Å². The van der Waals surface area contributed by atoms with Crippen LogP contribution >= 0.6 is 0 Å². The first-order valence-corrected chi connectivity index (χ1v) is 4.84. The number of aromatic nitrogens is 3. The quantitative estimate of drug-likeness (QED) is 0.721. The van der Waals surface area contributed by atoms with E-state index in [-0.39, 0.29) is 12.6 Å². The first-order chi connectivity index (χ1) is 7.77. The molecule has 0 amide bonds. The fourth-order valence-electron chi connectivity index (χ4n) is 1.27. The molecule has 0 atom stereocenters. The Hall–Kier alpha value is -2.08. The number of benzene rings is 1. The Balaban J connectivity index is 1.87. The van der Waals surface area contributed by atoms with Gasteiger partial charge in [-0.15, -0.1) is 10.2 Å². The van der Waals surface area contributed by atoms with E-state index in [1.165, 1.54) is 4.68 Å². The summed E-state index contributed by atoms with van der Waals surface area (Å²) in [6.07, 6.45) is 0. The molecule has 0 radical (unpaired) electrons. The summed E-state index contributed by atoms with van der Waals surface area (Å²) in [7, 11) is 0. The molecular weight excluding hydrogens is 206 g/mol. The van der Waals surface area contributed by atoms with Crippen molar-refractivity contribution in [2.75, 3.05) is 11.6 Å². The second kappa shape index (κ2) is 4.63. The van der Waals surface area contributed by atoms with Crippen LogP contribution in [0.25, 0.3) is 0 Å². The highest BCUT2D eigenvalue weighted by atomic mass is 16.5. The molecule has 2 aromatic rings. The van der Waals surface area contributed by atoms with Crippen LogP contribution in [0.1, 0.15) is 11.4 Å². The molecule has 4 N–H and O–H groups in total. The molecule has 0 bridgehead atoms. The second-order valence-electron chi connectivity index (χ2n) is 3.32. The van der Waals surface area contributed by atoms with Crippen LogP contribution < -0.4 is 11.6 Å². The molecule has 0 fully saturated rings. The second-order valence-corrected chi connectivity index (χ2v) is 3.32. The molecule has 0 aliphatic carbocycles. The zero-order valence-electron chi connectivity index (χ0n) is 8.71. The summed E-state index contributed by atoms with van der Waals surface area (Å²) in [4.78, 5) is 0. The number of hydrogen-bond donors (Lipinski definition) is 2. The predicted molar refractivity (Wildman–Crippen MR) is 59.5 cm³/mol. The third kappa shape index (κ3) is 2.29. The number of ether oxygens (including phenoxy) is 1. The Morgan fingerprint density at radius 3 is 2.50 bits per heavy atom. The Labute approximate surface area is 92.8 Å². The lowest BCUT2D eigenvalue weighted by molar-refractivity contribution is 0.100. The molecule has 0 saturated heterocycles. The van der Waals surface area contributed by atoms with Crippen LogP contribution in [-0.4, -0.2) is 14.9 Å². The van der Waals surface area contributed by atoms with E-state index in [4.69, 9.17) is 16.3 Å². The highest BCUT2D eigenvalue weighted by molar-refractivity contribution is 5.17. The summed E-state index contributed by atoms with van der Waals surface area (Å²) in [5.74, 6) is 6.26. The monoisotopic (exact) mass is 219 g/mol. The van der Waals surface area contributed by atoms with Crippen molar-refractivity contribution in [2.24, 2.45) is 0 Å². The van der Waals surface area contributed by atoms with Crippen LogP contribution in [0.2, 0.25) is 0 Å².